The molecule has 4 N–H and O–H groups in total. The van der Waals surface area contributed by atoms with E-state index in [1.165, 1.54) is 31.5 Å². The molecular formula is C22H29BrFN4O8P. The van der Waals surface area contributed by atoms with Gasteiger partial charge in [-0.05, 0) is 43.2 Å². The summed E-state index contributed by atoms with van der Waals surface area (Å²) < 4.78 is 52.5. The molecular weight excluding hydrogens is 578 g/mol. The predicted octanol–water partition coefficient (Wildman–Crippen LogP) is 2.57. The molecule has 1 saturated heterocycles. The van der Waals surface area contributed by atoms with Crippen molar-refractivity contribution in [2.24, 2.45) is 5.92 Å². The van der Waals surface area contributed by atoms with Crippen LogP contribution in [0.2, 0.25) is 0 Å². The van der Waals surface area contributed by atoms with Crippen LogP contribution in [-0.2, 0) is 23.4 Å². The Labute approximate surface area is 221 Å². The number of aliphatic hydroxyl groups excluding tert-OH is 1. The number of hydrogen-bond acceptors (Lipinski definition) is 10. The van der Waals surface area contributed by atoms with Gasteiger partial charge in [-0.15, -0.1) is 0 Å². The molecule has 0 saturated carbocycles. The summed E-state index contributed by atoms with van der Waals surface area (Å²) in [6.07, 6.45) is -3.54. The number of alkyl halides is 1. The number of carbonyl (C=O) groups excluding carboxylic acids is 1. The summed E-state index contributed by atoms with van der Waals surface area (Å²) >= 11 is 3.29. The maximum Gasteiger partial charge on any atom is 0.459 e. The summed E-state index contributed by atoms with van der Waals surface area (Å²) in [5, 5.41) is 13.2. The second kappa shape index (κ2) is 11.6. The van der Waals surface area contributed by atoms with Crippen molar-refractivity contribution in [3.8, 4) is 5.75 Å². The molecule has 15 heteroatoms. The number of aliphatic hydroxyl groups is 1. The summed E-state index contributed by atoms with van der Waals surface area (Å²) in [6.45, 7) is 3.81. The van der Waals surface area contributed by atoms with Gasteiger partial charge in [0, 0.05) is 10.7 Å². The molecule has 37 heavy (non-hydrogen) atoms. The topological polar surface area (TPSA) is 164 Å². The van der Waals surface area contributed by atoms with Crippen molar-refractivity contribution in [2.45, 2.75) is 50.9 Å². The lowest BCUT2D eigenvalue weighted by Crippen LogP contribution is -2.43. The normalized spacial score (nSPS) is 26.0. The van der Waals surface area contributed by atoms with Crippen LogP contribution in [0.4, 0.5) is 10.2 Å². The predicted molar refractivity (Wildman–Crippen MR) is 134 cm³/mol. The zero-order valence-electron chi connectivity index (χ0n) is 20.5. The Kier molecular flexibility index (Phi) is 9.14. The van der Waals surface area contributed by atoms with Crippen LogP contribution in [0.25, 0.3) is 0 Å². The zero-order chi connectivity index (χ0) is 27.5. The molecule has 1 aliphatic rings. The molecule has 204 valence electrons. The third kappa shape index (κ3) is 6.75. The number of esters is 1. The lowest BCUT2D eigenvalue weighted by Gasteiger charge is -2.27. The molecule has 0 bridgehead atoms. The van der Waals surface area contributed by atoms with Gasteiger partial charge in [-0.1, -0.05) is 29.8 Å². The Morgan fingerprint density at radius 1 is 1.38 bits per heavy atom. The van der Waals surface area contributed by atoms with Gasteiger partial charge >= 0.3 is 19.4 Å². The van der Waals surface area contributed by atoms with Gasteiger partial charge in [0.15, 0.2) is 11.9 Å². The highest BCUT2D eigenvalue weighted by atomic mass is 79.9. The highest BCUT2D eigenvalue weighted by Crippen LogP contribution is 2.48. The Hall–Kier alpha value is -2.35. The number of ether oxygens (including phenoxy) is 2. The van der Waals surface area contributed by atoms with E-state index in [2.05, 4.69) is 26.0 Å². The molecule has 0 spiro atoms. The van der Waals surface area contributed by atoms with Crippen LogP contribution < -0.4 is 21.0 Å². The van der Waals surface area contributed by atoms with Crippen molar-refractivity contribution in [3.63, 3.8) is 0 Å². The van der Waals surface area contributed by atoms with Gasteiger partial charge < -0.3 is 24.8 Å². The summed E-state index contributed by atoms with van der Waals surface area (Å²) in [6, 6.07) is 6.50. The number of nitrogens with one attached hydrogen (secondary N) is 1. The van der Waals surface area contributed by atoms with E-state index >= 15 is 4.39 Å². The number of nitrogen functional groups attached to an aromatic ring is 1. The quantitative estimate of drug-likeness (QED) is 0.269. The molecule has 1 unspecified atom stereocenters. The smallest absolute Gasteiger partial charge is 0.459 e. The van der Waals surface area contributed by atoms with E-state index in [1.807, 2.05) is 0 Å². The fourth-order valence-corrected chi connectivity index (χ4v) is 5.55. The van der Waals surface area contributed by atoms with Gasteiger partial charge in [0.05, 0.1) is 13.7 Å². The average Bonchev–Trinajstić information content (AvgIpc) is 3.06. The number of aromatic nitrogens is 2. The van der Waals surface area contributed by atoms with Crippen LogP contribution in [0.5, 0.6) is 5.75 Å². The molecule has 0 aliphatic carbocycles. The number of halogens is 2. The maximum absolute atomic E-state index is 15.5. The van der Waals surface area contributed by atoms with Crippen molar-refractivity contribution < 1.29 is 37.4 Å². The minimum absolute atomic E-state index is 0.0670. The molecule has 2 heterocycles. The fraction of sp³-hybridized carbons (Fsp3) is 0.500. The molecule has 0 radical (unpaired) electrons. The van der Waals surface area contributed by atoms with Gasteiger partial charge in [-0.25, -0.2) is 13.8 Å². The van der Waals surface area contributed by atoms with Gasteiger partial charge in [-0.2, -0.15) is 10.1 Å². The lowest BCUT2D eigenvalue weighted by atomic mass is 9.98. The number of benzene rings is 1. The highest BCUT2D eigenvalue weighted by Gasteiger charge is 2.56. The van der Waals surface area contributed by atoms with Crippen LogP contribution in [0, 0.1) is 5.92 Å². The van der Waals surface area contributed by atoms with Gasteiger partial charge in [0.2, 0.25) is 0 Å². The molecule has 3 rings (SSSR count). The van der Waals surface area contributed by atoms with Crippen molar-refractivity contribution in [2.75, 3.05) is 19.5 Å². The zero-order valence-corrected chi connectivity index (χ0v) is 23.0. The second-order valence-electron chi connectivity index (χ2n) is 8.88. The molecule has 12 nitrogen and oxygen atoms in total. The SMILES string of the molecule is COC(=O)[C@@H](NP(=O)(OC[C@H]1O[C@@H](n2ccc(N)nc2=O)[C@](C)(F)[C@@H]1O)Oc1ccc(Br)cc1)C(C)C. The summed E-state index contributed by atoms with van der Waals surface area (Å²) in [7, 11) is -3.16. The Balaban J connectivity index is 1.85. The van der Waals surface area contributed by atoms with Crippen molar-refractivity contribution >= 4 is 35.5 Å². The fourth-order valence-electron chi connectivity index (χ4n) is 3.62. The maximum atomic E-state index is 15.5. The Morgan fingerprint density at radius 2 is 2.03 bits per heavy atom. The third-order valence-electron chi connectivity index (χ3n) is 5.69. The van der Waals surface area contributed by atoms with Crippen LogP contribution in [0.15, 0.2) is 45.8 Å². The van der Waals surface area contributed by atoms with Crippen LogP contribution in [0.3, 0.4) is 0 Å². The van der Waals surface area contributed by atoms with Gasteiger partial charge in [0.25, 0.3) is 0 Å². The molecule has 2 aromatic rings. The van der Waals surface area contributed by atoms with Crippen LogP contribution in [0.1, 0.15) is 27.0 Å². The standard InChI is InChI=1S/C22H29BrFN4O8P/c1-12(2)17(19(30)33-4)27-37(32,36-14-7-5-13(23)6-8-14)34-11-15-18(29)22(3,24)20(35-15)28-10-9-16(25)26-21(28)31/h5-10,12,15,17-18,20,29H,11H2,1-4H3,(H,27,32)(H2,25,26,31)/t15-,17+,18-,20-,22-,37?/m1/s1. The van der Waals surface area contributed by atoms with Crippen molar-refractivity contribution in [1.29, 1.82) is 0 Å². The monoisotopic (exact) mass is 606 g/mol. The lowest BCUT2D eigenvalue weighted by molar-refractivity contribution is -0.143. The average molecular weight is 607 g/mol. The summed E-state index contributed by atoms with van der Waals surface area (Å²) in [5.41, 5.74) is 2.16. The number of anilines is 1. The van der Waals surface area contributed by atoms with E-state index in [9.17, 15) is 19.3 Å². The minimum atomic E-state index is -4.34. The first-order valence-electron chi connectivity index (χ1n) is 11.2. The first-order valence-corrected chi connectivity index (χ1v) is 13.5. The van der Waals surface area contributed by atoms with E-state index in [0.29, 0.717) is 0 Å². The molecule has 6 atom stereocenters. The Bertz CT molecular complexity index is 1210. The van der Waals surface area contributed by atoms with Crippen molar-refractivity contribution in [1.82, 2.24) is 14.6 Å². The largest absolute Gasteiger partial charge is 0.468 e. The van der Waals surface area contributed by atoms with Gasteiger partial charge in [-0.3, -0.25) is 13.9 Å². The number of rotatable bonds is 10. The Morgan fingerprint density at radius 3 is 2.59 bits per heavy atom. The van der Waals surface area contributed by atoms with E-state index < -0.39 is 56.2 Å². The minimum Gasteiger partial charge on any atom is -0.468 e. The van der Waals surface area contributed by atoms with E-state index in [4.69, 9.17) is 24.3 Å². The van der Waals surface area contributed by atoms with Crippen molar-refractivity contribution in [3.05, 3.63) is 51.5 Å². The molecule has 1 aliphatic heterocycles. The first kappa shape index (κ1) is 29.2. The van der Waals surface area contributed by atoms with Crippen LogP contribution in [-0.4, -0.2) is 58.3 Å². The number of nitrogens with two attached hydrogens (primary N) is 1. The first-order chi connectivity index (χ1) is 17.3. The van der Waals surface area contributed by atoms with E-state index in [0.717, 1.165) is 16.0 Å². The number of nitrogens with zero attached hydrogens (tertiary/aromatic N) is 2. The number of hydrogen-bond donors (Lipinski definition) is 3. The molecule has 0 amide bonds. The third-order valence-corrected chi connectivity index (χ3v) is 7.75. The highest BCUT2D eigenvalue weighted by molar-refractivity contribution is 9.10. The van der Waals surface area contributed by atoms with Gasteiger partial charge in [0.1, 0.15) is 29.8 Å². The summed E-state index contributed by atoms with van der Waals surface area (Å²) in [4.78, 5) is 28.1. The second-order valence-corrected chi connectivity index (χ2v) is 11.5. The number of carbonyl (C=O) groups is 1. The number of methoxy groups -OCH3 is 1. The summed E-state index contributed by atoms with van der Waals surface area (Å²) in [5.74, 6) is -1.01. The molecule has 1 aromatic heterocycles. The van der Waals surface area contributed by atoms with Crippen LogP contribution >= 0.6 is 23.7 Å². The van der Waals surface area contributed by atoms with E-state index in [1.54, 1.807) is 26.0 Å². The molecule has 1 fully saturated rings. The van der Waals surface area contributed by atoms with E-state index in [-0.39, 0.29) is 17.5 Å². The molecule has 1 aromatic carbocycles.